The molecule has 2 rings (SSSR count). The molecule has 1 aromatic carbocycles. The van der Waals surface area contributed by atoms with Crippen LogP contribution in [0.15, 0.2) is 29.2 Å². The molecule has 1 saturated heterocycles. The molecule has 7 heteroatoms. The predicted molar refractivity (Wildman–Crippen MR) is 84.3 cm³/mol. The summed E-state index contributed by atoms with van der Waals surface area (Å²) in [6.07, 6.45) is 0. The lowest BCUT2D eigenvalue weighted by molar-refractivity contribution is 0.172. The topological polar surface area (TPSA) is 78.7 Å². The third-order valence-electron chi connectivity index (χ3n) is 3.61. The molecule has 1 heterocycles. The van der Waals surface area contributed by atoms with Gasteiger partial charge in [-0.2, -0.15) is 4.31 Å². The molecule has 0 aliphatic carbocycles. The van der Waals surface area contributed by atoms with Gasteiger partial charge in [0.2, 0.25) is 10.0 Å². The number of anilines is 1. The fourth-order valence-corrected chi connectivity index (χ4v) is 3.96. The summed E-state index contributed by atoms with van der Waals surface area (Å²) in [7, 11) is -3.40. The van der Waals surface area contributed by atoms with Gasteiger partial charge >= 0.3 is 0 Å². The number of hydrogen-bond acceptors (Lipinski definition) is 5. The second-order valence-corrected chi connectivity index (χ2v) is 7.71. The second-order valence-electron chi connectivity index (χ2n) is 5.77. The van der Waals surface area contributed by atoms with Gasteiger partial charge in [-0.1, -0.05) is 13.8 Å². The average Bonchev–Trinajstić information content (AvgIpc) is 2.47. The lowest BCUT2D eigenvalue weighted by Gasteiger charge is -2.34. The van der Waals surface area contributed by atoms with Crippen molar-refractivity contribution in [3.63, 3.8) is 0 Å². The molecule has 1 aromatic rings. The highest BCUT2D eigenvalue weighted by atomic mass is 32.2. The Bertz CT molecular complexity index is 549. The molecule has 0 atom stereocenters. The summed E-state index contributed by atoms with van der Waals surface area (Å²) < 4.78 is 26.7. The van der Waals surface area contributed by atoms with E-state index < -0.39 is 10.0 Å². The molecule has 0 amide bonds. The van der Waals surface area contributed by atoms with Crippen molar-refractivity contribution >= 4 is 15.7 Å². The molecule has 0 saturated carbocycles. The van der Waals surface area contributed by atoms with Crippen LogP contribution in [0, 0.1) is 5.92 Å². The lowest BCUT2D eigenvalue weighted by Crippen LogP contribution is -2.49. The molecule has 0 spiro atoms. The van der Waals surface area contributed by atoms with Gasteiger partial charge in [-0.15, -0.1) is 0 Å². The van der Waals surface area contributed by atoms with Crippen LogP contribution in [-0.2, 0) is 10.0 Å². The Labute approximate surface area is 126 Å². The van der Waals surface area contributed by atoms with Gasteiger partial charge in [-0.05, 0) is 30.2 Å². The average molecular weight is 312 g/mol. The van der Waals surface area contributed by atoms with Gasteiger partial charge < -0.3 is 10.3 Å². The van der Waals surface area contributed by atoms with E-state index in [1.165, 1.54) is 0 Å². The van der Waals surface area contributed by atoms with Crippen LogP contribution in [0.4, 0.5) is 5.69 Å². The molecule has 0 unspecified atom stereocenters. The fourth-order valence-electron chi connectivity index (χ4n) is 2.54. The zero-order valence-corrected chi connectivity index (χ0v) is 13.4. The van der Waals surface area contributed by atoms with Gasteiger partial charge in [0.05, 0.1) is 4.90 Å². The molecule has 118 valence electrons. The summed E-state index contributed by atoms with van der Waals surface area (Å²) in [4.78, 5) is 2.64. The first-order chi connectivity index (χ1) is 9.93. The summed E-state index contributed by atoms with van der Waals surface area (Å²) in [6, 6.07) is 6.51. The largest absolute Gasteiger partial charge is 0.324 e. The fraction of sp³-hybridized carbons (Fsp3) is 0.571. The van der Waals surface area contributed by atoms with Crippen LogP contribution >= 0.6 is 0 Å². The van der Waals surface area contributed by atoms with E-state index in [4.69, 9.17) is 5.84 Å². The van der Waals surface area contributed by atoms with Crippen LogP contribution in [0.2, 0.25) is 0 Å². The van der Waals surface area contributed by atoms with Crippen LogP contribution in [0.5, 0.6) is 0 Å². The standard InChI is InChI=1S/C14H24N4O2S/c1-12(2)11-17-7-9-18(10-8-17)21(19,20)14-5-3-13(16-15)4-6-14/h3-6,12,16H,7-11,15H2,1-2H3. The van der Waals surface area contributed by atoms with E-state index in [9.17, 15) is 8.42 Å². The van der Waals surface area contributed by atoms with E-state index in [0.29, 0.717) is 29.6 Å². The minimum absolute atomic E-state index is 0.318. The Balaban J connectivity index is 2.03. The first-order valence-electron chi connectivity index (χ1n) is 7.22. The number of hydrazine groups is 1. The summed E-state index contributed by atoms with van der Waals surface area (Å²) in [6.45, 7) is 8.05. The van der Waals surface area contributed by atoms with Crippen molar-refractivity contribution in [2.45, 2.75) is 18.7 Å². The Morgan fingerprint density at radius 1 is 1.14 bits per heavy atom. The van der Waals surface area contributed by atoms with Crippen LogP contribution in [0.3, 0.4) is 0 Å². The third kappa shape index (κ3) is 3.94. The summed E-state index contributed by atoms with van der Waals surface area (Å²) >= 11 is 0. The maximum absolute atomic E-state index is 12.6. The first kappa shape index (κ1) is 16.2. The Morgan fingerprint density at radius 2 is 1.71 bits per heavy atom. The number of nitrogens with zero attached hydrogens (tertiary/aromatic N) is 2. The maximum atomic E-state index is 12.6. The van der Waals surface area contributed by atoms with Crippen molar-refractivity contribution in [3.05, 3.63) is 24.3 Å². The SMILES string of the molecule is CC(C)CN1CCN(S(=O)(=O)c2ccc(NN)cc2)CC1. The predicted octanol–water partition coefficient (Wildman–Crippen LogP) is 0.935. The van der Waals surface area contributed by atoms with Crippen molar-refractivity contribution in [2.24, 2.45) is 11.8 Å². The van der Waals surface area contributed by atoms with Crippen molar-refractivity contribution in [3.8, 4) is 0 Å². The molecule has 1 fully saturated rings. The normalized spacial score (nSPS) is 18.1. The second kappa shape index (κ2) is 6.74. The Kier molecular flexibility index (Phi) is 5.21. The smallest absolute Gasteiger partial charge is 0.243 e. The highest BCUT2D eigenvalue weighted by Gasteiger charge is 2.28. The number of sulfonamides is 1. The monoisotopic (exact) mass is 312 g/mol. The van der Waals surface area contributed by atoms with Crippen molar-refractivity contribution in [1.82, 2.24) is 9.21 Å². The summed E-state index contributed by atoms with van der Waals surface area (Å²) in [5.41, 5.74) is 3.18. The number of hydrogen-bond donors (Lipinski definition) is 2. The van der Waals surface area contributed by atoms with Crippen molar-refractivity contribution < 1.29 is 8.42 Å². The lowest BCUT2D eigenvalue weighted by atomic mass is 10.2. The zero-order valence-electron chi connectivity index (χ0n) is 12.6. The third-order valence-corrected chi connectivity index (χ3v) is 5.53. The molecule has 1 aliphatic heterocycles. The van der Waals surface area contributed by atoms with Gasteiger partial charge in [0.1, 0.15) is 0 Å². The molecule has 6 nitrogen and oxygen atoms in total. The van der Waals surface area contributed by atoms with E-state index in [1.54, 1.807) is 28.6 Å². The number of nitrogen functional groups attached to an aromatic ring is 1. The summed E-state index contributed by atoms with van der Waals surface area (Å²) in [5.74, 6) is 5.89. The number of rotatable bonds is 5. The highest BCUT2D eigenvalue weighted by molar-refractivity contribution is 7.89. The van der Waals surface area contributed by atoms with E-state index in [2.05, 4.69) is 24.2 Å². The minimum Gasteiger partial charge on any atom is -0.324 e. The van der Waals surface area contributed by atoms with Gasteiger partial charge in [-0.25, -0.2) is 8.42 Å². The van der Waals surface area contributed by atoms with Gasteiger partial charge in [0, 0.05) is 38.4 Å². The van der Waals surface area contributed by atoms with Gasteiger partial charge in [0.15, 0.2) is 0 Å². The first-order valence-corrected chi connectivity index (χ1v) is 8.66. The van der Waals surface area contributed by atoms with Crippen LogP contribution in [0.25, 0.3) is 0 Å². The van der Waals surface area contributed by atoms with E-state index >= 15 is 0 Å². The van der Waals surface area contributed by atoms with Crippen molar-refractivity contribution in [1.29, 1.82) is 0 Å². The maximum Gasteiger partial charge on any atom is 0.243 e. The van der Waals surface area contributed by atoms with Gasteiger partial charge in [-0.3, -0.25) is 5.84 Å². The minimum atomic E-state index is -3.40. The van der Waals surface area contributed by atoms with Crippen LogP contribution < -0.4 is 11.3 Å². The quantitative estimate of drug-likeness (QED) is 0.625. The van der Waals surface area contributed by atoms with Crippen molar-refractivity contribution in [2.75, 3.05) is 38.1 Å². The van der Waals surface area contributed by atoms with E-state index in [1.807, 2.05) is 0 Å². The number of nitrogens with two attached hydrogens (primary N) is 1. The molecule has 0 bridgehead atoms. The molecule has 1 aliphatic rings. The molecule has 0 aromatic heterocycles. The molecule has 3 N–H and O–H groups in total. The van der Waals surface area contributed by atoms with Crippen LogP contribution in [-0.4, -0.2) is 50.3 Å². The highest BCUT2D eigenvalue weighted by Crippen LogP contribution is 2.19. The van der Waals surface area contributed by atoms with Gasteiger partial charge in [0.25, 0.3) is 0 Å². The Morgan fingerprint density at radius 3 is 2.19 bits per heavy atom. The van der Waals surface area contributed by atoms with Crippen LogP contribution in [0.1, 0.15) is 13.8 Å². The molecular weight excluding hydrogens is 288 g/mol. The zero-order chi connectivity index (χ0) is 15.5. The molecule has 21 heavy (non-hydrogen) atoms. The number of benzene rings is 1. The molecular formula is C14H24N4O2S. The number of nitrogens with one attached hydrogen (secondary N) is 1. The van der Waals surface area contributed by atoms with E-state index in [-0.39, 0.29) is 0 Å². The Hall–Kier alpha value is -1.15. The number of piperazine rings is 1. The molecule has 0 radical (unpaired) electrons. The summed E-state index contributed by atoms with van der Waals surface area (Å²) in [5, 5.41) is 0. The van der Waals surface area contributed by atoms with E-state index in [0.717, 1.165) is 19.6 Å².